The quantitative estimate of drug-likeness (QED) is 0.380. The maximum Gasteiger partial charge on any atom is 0.269 e. The molecule has 2 aromatic carbocycles. The molecule has 0 unspecified atom stereocenters. The topological polar surface area (TPSA) is 95.6 Å². The Labute approximate surface area is 161 Å². The van der Waals surface area contributed by atoms with Crippen LogP contribution in [0.2, 0.25) is 0 Å². The molecule has 0 saturated heterocycles. The number of nitrogens with one attached hydrogen (secondary N) is 1. The van der Waals surface area contributed by atoms with E-state index in [9.17, 15) is 14.9 Å². The number of non-ortho nitro benzene ring substituents is 1. The van der Waals surface area contributed by atoms with Crippen LogP contribution in [0.15, 0.2) is 42.5 Å². The van der Waals surface area contributed by atoms with Crippen molar-refractivity contribution in [3.8, 4) is 11.6 Å². The van der Waals surface area contributed by atoms with Crippen LogP contribution in [0.5, 0.6) is 11.6 Å². The molecule has 0 radical (unpaired) electrons. The zero-order chi connectivity index (χ0) is 20.3. The smallest absolute Gasteiger partial charge is 0.269 e. The number of carbonyl (C=O) groups excluding carboxylic acids is 1. The van der Waals surface area contributed by atoms with Crippen LogP contribution in [0.3, 0.4) is 0 Å². The van der Waals surface area contributed by atoms with Crippen molar-refractivity contribution in [2.75, 3.05) is 18.5 Å². The van der Waals surface area contributed by atoms with Crippen LogP contribution < -0.4 is 14.8 Å². The fraction of sp³-hybridized carbons (Fsp3) is 0.250. The highest BCUT2D eigenvalue weighted by atomic mass is 16.6. The molecule has 8 heteroatoms. The molecule has 0 fully saturated rings. The predicted molar refractivity (Wildman–Crippen MR) is 106 cm³/mol. The van der Waals surface area contributed by atoms with E-state index in [2.05, 4.69) is 5.32 Å². The van der Waals surface area contributed by atoms with Crippen molar-refractivity contribution < 1.29 is 19.2 Å². The van der Waals surface area contributed by atoms with Gasteiger partial charge < -0.3 is 19.4 Å². The molecule has 1 amide bonds. The Balaban J connectivity index is 1.73. The lowest BCUT2D eigenvalue weighted by atomic mass is 10.1. The molecule has 3 aromatic rings. The summed E-state index contributed by atoms with van der Waals surface area (Å²) in [4.78, 5) is 21.9. The van der Waals surface area contributed by atoms with E-state index >= 15 is 0 Å². The Morgan fingerprint density at radius 2 is 1.82 bits per heavy atom. The summed E-state index contributed by atoms with van der Waals surface area (Å²) in [7, 11) is 1.88. The zero-order valence-electron chi connectivity index (χ0n) is 15.9. The van der Waals surface area contributed by atoms with E-state index in [0.29, 0.717) is 17.3 Å². The normalized spacial score (nSPS) is 10.7. The number of para-hydroxylation sites is 1. The first kappa shape index (κ1) is 19.2. The van der Waals surface area contributed by atoms with Crippen LogP contribution in [0.1, 0.15) is 12.5 Å². The second-order valence-electron chi connectivity index (χ2n) is 6.34. The summed E-state index contributed by atoms with van der Waals surface area (Å²) >= 11 is 0. The van der Waals surface area contributed by atoms with E-state index in [0.717, 1.165) is 16.5 Å². The molecule has 3 rings (SSSR count). The summed E-state index contributed by atoms with van der Waals surface area (Å²) in [6, 6.07) is 11.7. The summed E-state index contributed by atoms with van der Waals surface area (Å²) in [6.45, 7) is 3.95. The minimum Gasteiger partial charge on any atom is -0.490 e. The second kappa shape index (κ2) is 7.99. The first-order chi connectivity index (χ1) is 13.4. The number of ether oxygens (including phenoxy) is 2. The van der Waals surface area contributed by atoms with Gasteiger partial charge in [0, 0.05) is 31.5 Å². The van der Waals surface area contributed by atoms with Crippen molar-refractivity contribution in [3.05, 3.63) is 58.1 Å². The Kier molecular flexibility index (Phi) is 5.49. The van der Waals surface area contributed by atoms with Gasteiger partial charge in [-0.3, -0.25) is 14.9 Å². The standard InChI is InChI=1S/C20H21N3O5/c1-13-5-4-6-17-18(21-14(2)24)20(22(3)19(13)17)28-12-11-27-16-9-7-15(8-10-16)23(25)26/h4-10H,11-12H2,1-3H3,(H,21,24). The van der Waals surface area contributed by atoms with Crippen molar-refractivity contribution in [1.29, 1.82) is 0 Å². The summed E-state index contributed by atoms with van der Waals surface area (Å²) < 4.78 is 13.4. The van der Waals surface area contributed by atoms with Gasteiger partial charge in [-0.1, -0.05) is 18.2 Å². The fourth-order valence-corrected chi connectivity index (χ4v) is 3.12. The highest BCUT2D eigenvalue weighted by Crippen LogP contribution is 2.37. The summed E-state index contributed by atoms with van der Waals surface area (Å²) in [5, 5.41) is 14.4. The minimum absolute atomic E-state index is 0.00872. The molecule has 1 N–H and O–H groups in total. The average molecular weight is 383 g/mol. The SMILES string of the molecule is CC(=O)Nc1c(OCCOc2ccc([N+](=O)[O-])cc2)n(C)c2c(C)cccc12. The zero-order valence-corrected chi connectivity index (χ0v) is 15.9. The van der Waals surface area contributed by atoms with E-state index in [-0.39, 0.29) is 24.8 Å². The number of rotatable bonds is 7. The van der Waals surface area contributed by atoms with Gasteiger partial charge in [0.25, 0.3) is 5.69 Å². The van der Waals surface area contributed by atoms with E-state index < -0.39 is 4.92 Å². The van der Waals surface area contributed by atoms with Crippen molar-refractivity contribution in [2.24, 2.45) is 7.05 Å². The predicted octanol–water partition coefficient (Wildman–Crippen LogP) is 3.81. The van der Waals surface area contributed by atoms with E-state index in [1.165, 1.54) is 19.1 Å². The highest BCUT2D eigenvalue weighted by Gasteiger charge is 2.18. The van der Waals surface area contributed by atoms with E-state index in [1.54, 1.807) is 12.1 Å². The monoisotopic (exact) mass is 383 g/mol. The number of fused-ring (bicyclic) bond motifs is 1. The van der Waals surface area contributed by atoms with Gasteiger partial charge in [-0.15, -0.1) is 0 Å². The fourth-order valence-electron chi connectivity index (χ4n) is 3.12. The lowest BCUT2D eigenvalue weighted by Crippen LogP contribution is -2.13. The molecule has 0 bridgehead atoms. The van der Waals surface area contributed by atoms with Gasteiger partial charge in [-0.05, 0) is 24.6 Å². The van der Waals surface area contributed by atoms with Gasteiger partial charge in [0.05, 0.1) is 10.4 Å². The summed E-state index contributed by atoms with van der Waals surface area (Å²) in [5.41, 5.74) is 2.69. The van der Waals surface area contributed by atoms with Gasteiger partial charge in [-0.25, -0.2) is 0 Å². The van der Waals surface area contributed by atoms with E-state index in [4.69, 9.17) is 9.47 Å². The summed E-state index contributed by atoms with van der Waals surface area (Å²) in [6.07, 6.45) is 0. The molecule has 0 spiro atoms. The first-order valence-corrected chi connectivity index (χ1v) is 8.74. The molecule has 0 aliphatic carbocycles. The Bertz CT molecular complexity index is 1020. The number of amides is 1. The number of aromatic nitrogens is 1. The van der Waals surface area contributed by atoms with Crippen LogP contribution in [-0.4, -0.2) is 28.6 Å². The molecule has 8 nitrogen and oxygen atoms in total. The number of carbonyl (C=O) groups is 1. The number of benzene rings is 2. The molecule has 0 aliphatic rings. The van der Waals surface area contributed by atoms with Gasteiger partial charge in [0.2, 0.25) is 11.8 Å². The van der Waals surface area contributed by atoms with Gasteiger partial charge in [0.15, 0.2) is 0 Å². The molecular formula is C20H21N3O5. The Morgan fingerprint density at radius 3 is 2.46 bits per heavy atom. The van der Waals surface area contributed by atoms with Crippen molar-refractivity contribution in [3.63, 3.8) is 0 Å². The molecule has 0 saturated carbocycles. The molecule has 1 aromatic heterocycles. The number of nitrogens with zero attached hydrogens (tertiary/aromatic N) is 2. The maximum absolute atomic E-state index is 11.6. The van der Waals surface area contributed by atoms with Crippen LogP contribution in [-0.2, 0) is 11.8 Å². The van der Waals surface area contributed by atoms with Crippen LogP contribution in [0.25, 0.3) is 10.9 Å². The lowest BCUT2D eigenvalue weighted by Gasteiger charge is -2.11. The second-order valence-corrected chi connectivity index (χ2v) is 6.34. The number of anilines is 1. The molecule has 28 heavy (non-hydrogen) atoms. The van der Waals surface area contributed by atoms with Crippen LogP contribution >= 0.6 is 0 Å². The molecule has 1 heterocycles. The third-order valence-corrected chi connectivity index (χ3v) is 4.30. The lowest BCUT2D eigenvalue weighted by molar-refractivity contribution is -0.384. The Morgan fingerprint density at radius 1 is 1.14 bits per heavy atom. The summed E-state index contributed by atoms with van der Waals surface area (Å²) in [5.74, 6) is 0.886. The minimum atomic E-state index is -0.460. The largest absolute Gasteiger partial charge is 0.490 e. The Hall–Kier alpha value is -3.55. The van der Waals surface area contributed by atoms with Crippen LogP contribution in [0, 0.1) is 17.0 Å². The van der Waals surface area contributed by atoms with E-state index in [1.807, 2.05) is 36.7 Å². The number of aryl methyl sites for hydroxylation is 2. The molecular weight excluding hydrogens is 362 g/mol. The third kappa shape index (κ3) is 3.90. The number of hydrogen-bond donors (Lipinski definition) is 1. The average Bonchev–Trinajstić information content (AvgIpc) is 2.91. The van der Waals surface area contributed by atoms with Crippen molar-refractivity contribution in [1.82, 2.24) is 4.57 Å². The van der Waals surface area contributed by atoms with Crippen molar-refractivity contribution >= 4 is 28.2 Å². The van der Waals surface area contributed by atoms with Crippen LogP contribution in [0.4, 0.5) is 11.4 Å². The number of nitro benzene ring substituents is 1. The number of hydrogen-bond acceptors (Lipinski definition) is 5. The molecule has 0 atom stereocenters. The molecule has 0 aliphatic heterocycles. The van der Waals surface area contributed by atoms with Gasteiger partial charge in [0.1, 0.15) is 24.7 Å². The molecule has 146 valence electrons. The number of nitro groups is 1. The first-order valence-electron chi connectivity index (χ1n) is 8.74. The van der Waals surface area contributed by atoms with Gasteiger partial charge in [-0.2, -0.15) is 0 Å². The third-order valence-electron chi connectivity index (χ3n) is 4.30. The van der Waals surface area contributed by atoms with Gasteiger partial charge >= 0.3 is 0 Å². The maximum atomic E-state index is 11.6. The van der Waals surface area contributed by atoms with Crippen molar-refractivity contribution in [2.45, 2.75) is 13.8 Å². The highest BCUT2D eigenvalue weighted by molar-refractivity contribution is 6.05.